The van der Waals surface area contributed by atoms with Gasteiger partial charge in [0.25, 0.3) is 0 Å². The van der Waals surface area contributed by atoms with Gasteiger partial charge in [-0.05, 0) is 25.0 Å². The van der Waals surface area contributed by atoms with E-state index in [4.69, 9.17) is 5.11 Å². The fourth-order valence-corrected chi connectivity index (χ4v) is 2.96. The molecule has 0 unspecified atom stereocenters. The number of carboxylic acids is 1. The van der Waals surface area contributed by atoms with Gasteiger partial charge in [-0.15, -0.1) is 0 Å². The number of pyridine rings is 1. The Balaban J connectivity index is 2.11. The van der Waals surface area contributed by atoms with E-state index in [1.54, 1.807) is 0 Å². The van der Waals surface area contributed by atoms with Crippen LogP contribution in [0.4, 0.5) is 5.69 Å². The molecule has 0 saturated carbocycles. The maximum Gasteiger partial charge on any atom is 0.310 e. The lowest BCUT2D eigenvalue weighted by Gasteiger charge is -2.40. The van der Waals surface area contributed by atoms with Crippen molar-refractivity contribution >= 4 is 22.6 Å². The highest BCUT2D eigenvalue weighted by molar-refractivity contribution is 5.95. The first-order valence-electron chi connectivity index (χ1n) is 6.97. The molecule has 0 spiro atoms. The van der Waals surface area contributed by atoms with Crippen molar-refractivity contribution in [2.24, 2.45) is 5.92 Å². The quantitative estimate of drug-likeness (QED) is 0.931. The summed E-state index contributed by atoms with van der Waals surface area (Å²) in [4.78, 5) is 17.8. The normalized spacial score (nSPS) is 15.4. The Kier molecular flexibility index (Phi) is 3.08. The van der Waals surface area contributed by atoms with E-state index in [0.717, 1.165) is 23.0 Å². The Morgan fingerprint density at radius 2 is 2.10 bits per heavy atom. The number of hydrogen-bond acceptors (Lipinski definition) is 3. The molecule has 2 heterocycles. The zero-order valence-electron chi connectivity index (χ0n) is 11.8. The fraction of sp³-hybridized carbons (Fsp3) is 0.375. The summed E-state index contributed by atoms with van der Waals surface area (Å²) in [7, 11) is 0. The second-order valence-corrected chi connectivity index (χ2v) is 5.34. The molecule has 1 saturated heterocycles. The molecule has 1 fully saturated rings. The molecule has 1 N–H and O–H groups in total. The lowest BCUT2D eigenvalue weighted by molar-refractivity contribution is -0.142. The first-order valence-corrected chi connectivity index (χ1v) is 6.97. The van der Waals surface area contributed by atoms with E-state index in [2.05, 4.69) is 22.9 Å². The van der Waals surface area contributed by atoms with Crippen molar-refractivity contribution < 1.29 is 9.90 Å². The zero-order valence-corrected chi connectivity index (χ0v) is 11.8. The van der Waals surface area contributed by atoms with Gasteiger partial charge in [0, 0.05) is 24.2 Å². The van der Waals surface area contributed by atoms with Crippen molar-refractivity contribution in [3.8, 4) is 0 Å². The number of anilines is 1. The van der Waals surface area contributed by atoms with Gasteiger partial charge in [0.05, 0.1) is 17.1 Å². The first kappa shape index (κ1) is 12.9. The Morgan fingerprint density at radius 3 is 2.75 bits per heavy atom. The lowest BCUT2D eigenvalue weighted by Crippen LogP contribution is -2.51. The molecule has 0 bridgehead atoms. The number of carboxylic acid groups (broad SMARTS) is 1. The minimum absolute atomic E-state index is 0.244. The maximum absolute atomic E-state index is 11.0. The topological polar surface area (TPSA) is 53.4 Å². The maximum atomic E-state index is 11.0. The Bertz CT molecular complexity index is 675. The van der Waals surface area contributed by atoms with Crippen LogP contribution in [-0.4, -0.2) is 29.1 Å². The minimum atomic E-state index is -0.700. The highest BCUT2D eigenvalue weighted by Gasteiger charge is 2.34. The predicted octanol–water partition coefficient (Wildman–Crippen LogP) is 2.63. The van der Waals surface area contributed by atoms with E-state index < -0.39 is 5.97 Å². The highest BCUT2D eigenvalue weighted by atomic mass is 16.4. The molecule has 4 nitrogen and oxygen atoms in total. The van der Waals surface area contributed by atoms with Crippen LogP contribution in [0.25, 0.3) is 10.9 Å². The molecule has 0 atom stereocenters. The number of aromatic nitrogens is 1. The Labute approximate surface area is 118 Å². The number of aliphatic carboxylic acids is 1. The van der Waals surface area contributed by atoms with Crippen molar-refractivity contribution in [3.63, 3.8) is 0 Å². The molecule has 1 aromatic heterocycles. The van der Waals surface area contributed by atoms with Crippen LogP contribution in [0.5, 0.6) is 0 Å². The number of aryl methyl sites for hydroxylation is 1. The number of carbonyl (C=O) groups is 1. The van der Waals surface area contributed by atoms with Gasteiger partial charge in [-0.2, -0.15) is 0 Å². The van der Waals surface area contributed by atoms with E-state index in [-0.39, 0.29) is 5.92 Å². The van der Waals surface area contributed by atoms with Gasteiger partial charge in [0.2, 0.25) is 0 Å². The summed E-state index contributed by atoms with van der Waals surface area (Å²) in [5, 5.41) is 10.2. The summed E-state index contributed by atoms with van der Waals surface area (Å²) in [6.45, 7) is 5.34. The summed E-state index contributed by atoms with van der Waals surface area (Å²) < 4.78 is 0. The van der Waals surface area contributed by atoms with Gasteiger partial charge in [-0.25, -0.2) is 0 Å². The molecular formula is C16H18N2O2. The third-order valence-electron chi connectivity index (χ3n) is 4.07. The molecular weight excluding hydrogens is 252 g/mol. The Hall–Kier alpha value is -2.10. The van der Waals surface area contributed by atoms with Gasteiger partial charge in [-0.1, -0.05) is 25.1 Å². The molecule has 20 heavy (non-hydrogen) atoms. The largest absolute Gasteiger partial charge is 0.481 e. The minimum Gasteiger partial charge on any atom is -0.481 e. The van der Waals surface area contributed by atoms with Crippen LogP contribution in [-0.2, 0) is 11.2 Å². The standard InChI is InChI=1S/C16H18N2O2/c1-3-12-10(2)17-14-7-5-4-6-13(14)15(12)18-8-11(9-18)16(19)20/h4-7,11H,3,8-9H2,1-2H3,(H,19,20). The SMILES string of the molecule is CCc1c(C)nc2ccccc2c1N1CC(C(=O)O)C1. The zero-order chi connectivity index (χ0) is 14.3. The molecule has 104 valence electrons. The number of rotatable bonds is 3. The van der Waals surface area contributed by atoms with Crippen molar-refractivity contribution in [2.75, 3.05) is 18.0 Å². The molecule has 1 aliphatic rings. The van der Waals surface area contributed by atoms with E-state index >= 15 is 0 Å². The lowest BCUT2D eigenvalue weighted by atomic mass is 9.95. The van der Waals surface area contributed by atoms with E-state index in [9.17, 15) is 4.79 Å². The van der Waals surface area contributed by atoms with Crippen LogP contribution >= 0.6 is 0 Å². The molecule has 3 rings (SSSR count). The van der Waals surface area contributed by atoms with Gasteiger partial charge in [0.1, 0.15) is 0 Å². The van der Waals surface area contributed by atoms with Crippen LogP contribution in [0, 0.1) is 12.8 Å². The molecule has 0 radical (unpaired) electrons. The molecule has 2 aromatic rings. The average molecular weight is 270 g/mol. The van der Waals surface area contributed by atoms with Crippen LogP contribution in [0.15, 0.2) is 24.3 Å². The van der Waals surface area contributed by atoms with E-state index in [1.165, 1.54) is 11.3 Å². The van der Waals surface area contributed by atoms with Gasteiger partial charge in [0.15, 0.2) is 0 Å². The summed E-state index contributed by atoms with van der Waals surface area (Å²) in [5.74, 6) is -0.943. The summed E-state index contributed by atoms with van der Waals surface area (Å²) in [6, 6.07) is 8.08. The van der Waals surface area contributed by atoms with Crippen LogP contribution < -0.4 is 4.90 Å². The van der Waals surface area contributed by atoms with Crippen molar-refractivity contribution in [2.45, 2.75) is 20.3 Å². The number of fused-ring (bicyclic) bond motifs is 1. The predicted molar refractivity (Wildman–Crippen MR) is 79.2 cm³/mol. The smallest absolute Gasteiger partial charge is 0.310 e. The van der Waals surface area contributed by atoms with Crippen LogP contribution in [0.2, 0.25) is 0 Å². The number of benzene rings is 1. The molecule has 1 aliphatic heterocycles. The summed E-state index contributed by atoms with van der Waals surface area (Å²) in [6.07, 6.45) is 0.910. The van der Waals surface area contributed by atoms with Crippen molar-refractivity contribution in [3.05, 3.63) is 35.5 Å². The first-order chi connectivity index (χ1) is 9.61. The third kappa shape index (κ3) is 1.92. The van der Waals surface area contributed by atoms with Crippen LogP contribution in [0.1, 0.15) is 18.2 Å². The number of hydrogen-bond donors (Lipinski definition) is 1. The summed E-state index contributed by atoms with van der Waals surface area (Å²) in [5.41, 5.74) is 4.43. The van der Waals surface area contributed by atoms with Gasteiger partial charge >= 0.3 is 5.97 Å². The average Bonchev–Trinajstić information content (AvgIpc) is 2.36. The molecule has 4 heteroatoms. The second kappa shape index (κ2) is 4.78. The van der Waals surface area contributed by atoms with E-state index in [0.29, 0.717) is 13.1 Å². The second-order valence-electron chi connectivity index (χ2n) is 5.34. The fourth-order valence-electron chi connectivity index (χ4n) is 2.96. The van der Waals surface area contributed by atoms with E-state index in [1.807, 2.05) is 25.1 Å². The van der Waals surface area contributed by atoms with Crippen molar-refractivity contribution in [1.29, 1.82) is 0 Å². The highest BCUT2D eigenvalue weighted by Crippen LogP contribution is 2.36. The monoisotopic (exact) mass is 270 g/mol. The van der Waals surface area contributed by atoms with Crippen LogP contribution in [0.3, 0.4) is 0 Å². The Morgan fingerprint density at radius 1 is 1.40 bits per heavy atom. The molecule has 0 aliphatic carbocycles. The number of nitrogens with zero attached hydrogens (tertiary/aromatic N) is 2. The molecule has 1 aromatic carbocycles. The van der Waals surface area contributed by atoms with Crippen molar-refractivity contribution in [1.82, 2.24) is 4.98 Å². The van der Waals surface area contributed by atoms with Gasteiger partial charge in [-0.3, -0.25) is 9.78 Å². The van der Waals surface area contributed by atoms with Gasteiger partial charge < -0.3 is 10.0 Å². The third-order valence-corrected chi connectivity index (χ3v) is 4.07. The number of para-hydroxylation sites is 1. The summed E-state index contributed by atoms with van der Waals surface area (Å²) >= 11 is 0. The molecule has 0 amide bonds.